The molecule has 8 heteroatoms. The van der Waals surface area contributed by atoms with Gasteiger partial charge in [0.25, 0.3) is 5.69 Å². The van der Waals surface area contributed by atoms with E-state index in [0.717, 1.165) is 0 Å². The largest absolute Gasteiger partial charge is 0.488 e. The molecule has 2 aromatic carbocycles. The summed E-state index contributed by atoms with van der Waals surface area (Å²) in [4.78, 5) is 10.2. The average molecular weight is 326 g/mol. The second kappa shape index (κ2) is 7.37. The molecule has 0 bridgehead atoms. The molecule has 6 nitrogen and oxygen atoms in total. The number of nitrogens with one attached hydrogen (secondary N) is 1. The van der Waals surface area contributed by atoms with Gasteiger partial charge in [-0.3, -0.25) is 15.5 Å². The fraction of sp³-hybridized carbons (Fsp3) is 0.0714. The number of hydrogen-bond acceptors (Lipinski definition) is 4. The molecule has 0 saturated carbocycles. The summed E-state index contributed by atoms with van der Waals surface area (Å²) in [6.07, 6.45) is 0. The molecule has 116 valence electrons. The van der Waals surface area contributed by atoms with E-state index in [0.29, 0.717) is 5.56 Å². The molecule has 0 spiro atoms. The topological polar surface area (TPSA) is 102 Å². The minimum absolute atomic E-state index is 0. The van der Waals surface area contributed by atoms with Crippen LogP contribution in [0.4, 0.5) is 10.1 Å². The van der Waals surface area contributed by atoms with Gasteiger partial charge in [-0.2, -0.15) is 0 Å². The normalized spacial score (nSPS) is 9.68. The molecule has 0 aliphatic heterocycles. The second-order valence-electron chi connectivity index (χ2n) is 4.24. The second-order valence-corrected chi connectivity index (χ2v) is 4.24. The number of nitro benzene ring substituents is 1. The number of rotatable bonds is 5. The molecular weight excluding hydrogens is 313 g/mol. The number of hydrogen-bond donors (Lipinski definition) is 2. The lowest BCUT2D eigenvalue weighted by molar-refractivity contribution is -0.384. The summed E-state index contributed by atoms with van der Waals surface area (Å²) in [6, 6.07) is 10.0. The Morgan fingerprint density at radius 3 is 2.64 bits per heavy atom. The molecule has 0 amide bonds. The van der Waals surface area contributed by atoms with Crippen LogP contribution in [0.3, 0.4) is 0 Å². The van der Waals surface area contributed by atoms with Gasteiger partial charge in [0, 0.05) is 12.1 Å². The highest BCUT2D eigenvalue weighted by atomic mass is 35.5. The van der Waals surface area contributed by atoms with Gasteiger partial charge in [-0.05, 0) is 17.7 Å². The maximum absolute atomic E-state index is 13.6. The number of nitrogens with two attached hydrogens (primary N) is 1. The number of ether oxygens (including phenoxy) is 1. The number of non-ortho nitro benzene ring substituents is 1. The summed E-state index contributed by atoms with van der Waals surface area (Å²) in [7, 11) is 0. The van der Waals surface area contributed by atoms with Crippen LogP contribution in [0.1, 0.15) is 11.1 Å². The van der Waals surface area contributed by atoms with Gasteiger partial charge in [-0.1, -0.05) is 18.2 Å². The molecular formula is C14H13ClFN3O3. The minimum atomic E-state index is -0.654. The van der Waals surface area contributed by atoms with Gasteiger partial charge in [-0.15, -0.1) is 12.4 Å². The molecule has 2 rings (SSSR count). The zero-order chi connectivity index (χ0) is 15.4. The first-order chi connectivity index (χ1) is 9.99. The van der Waals surface area contributed by atoms with Crippen molar-refractivity contribution in [1.82, 2.24) is 0 Å². The highest BCUT2D eigenvalue weighted by Gasteiger charge is 2.13. The SMILES string of the molecule is Cl.N=C(N)c1c(F)cccc1OCc1cccc([N+](=O)[O-])c1. The fourth-order valence-corrected chi connectivity index (χ4v) is 1.81. The predicted octanol–water partition coefficient (Wildman–Crippen LogP) is 3.02. The first-order valence-corrected chi connectivity index (χ1v) is 5.98. The van der Waals surface area contributed by atoms with E-state index in [9.17, 15) is 14.5 Å². The highest BCUT2D eigenvalue weighted by molar-refractivity contribution is 5.97. The van der Waals surface area contributed by atoms with Crippen LogP contribution in [-0.4, -0.2) is 10.8 Å². The van der Waals surface area contributed by atoms with E-state index in [-0.39, 0.29) is 36.0 Å². The summed E-state index contributed by atoms with van der Waals surface area (Å²) in [6.45, 7) is 0.00537. The molecule has 0 aromatic heterocycles. The smallest absolute Gasteiger partial charge is 0.269 e. The number of amidine groups is 1. The van der Waals surface area contributed by atoms with Crippen molar-refractivity contribution in [3.8, 4) is 5.75 Å². The minimum Gasteiger partial charge on any atom is -0.488 e. The molecule has 0 saturated heterocycles. The molecule has 2 aromatic rings. The lowest BCUT2D eigenvalue weighted by Gasteiger charge is -2.11. The summed E-state index contributed by atoms with van der Waals surface area (Å²) in [5, 5.41) is 18.0. The van der Waals surface area contributed by atoms with Crippen LogP contribution in [0.25, 0.3) is 0 Å². The van der Waals surface area contributed by atoms with Gasteiger partial charge in [0.05, 0.1) is 10.5 Å². The van der Waals surface area contributed by atoms with Crippen molar-refractivity contribution in [2.24, 2.45) is 5.73 Å². The van der Waals surface area contributed by atoms with Crippen molar-refractivity contribution in [3.63, 3.8) is 0 Å². The third-order valence-corrected chi connectivity index (χ3v) is 2.76. The Balaban J connectivity index is 0.00000242. The van der Waals surface area contributed by atoms with Crippen molar-refractivity contribution >= 4 is 23.9 Å². The monoisotopic (exact) mass is 325 g/mol. The van der Waals surface area contributed by atoms with Crippen molar-refractivity contribution in [2.45, 2.75) is 6.61 Å². The third kappa shape index (κ3) is 3.92. The van der Waals surface area contributed by atoms with Crippen LogP contribution < -0.4 is 10.5 Å². The maximum atomic E-state index is 13.6. The first-order valence-electron chi connectivity index (χ1n) is 5.98. The first kappa shape index (κ1) is 17.4. The van der Waals surface area contributed by atoms with Gasteiger partial charge in [0.2, 0.25) is 0 Å². The van der Waals surface area contributed by atoms with E-state index in [1.165, 1.54) is 36.4 Å². The van der Waals surface area contributed by atoms with E-state index in [4.69, 9.17) is 15.9 Å². The third-order valence-electron chi connectivity index (χ3n) is 2.76. The highest BCUT2D eigenvalue weighted by Crippen LogP contribution is 2.22. The standard InChI is InChI=1S/C14H12FN3O3.ClH/c15-11-5-2-6-12(13(11)14(16)17)21-8-9-3-1-4-10(7-9)18(19)20;/h1-7H,8H2,(H3,16,17);1H. The summed E-state index contributed by atoms with van der Waals surface area (Å²) >= 11 is 0. The number of nitrogen functional groups attached to an aromatic ring is 1. The van der Waals surface area contributed by atoms with Crippen LogP contribution in [0.5, 0.6) is 5.75 Å². The van der Waals surface area contributed by atoms with Gasteiger partial charge < -0.3 is 10.5 Å². The van der Waals surface area contributed by atoms with E-state index < -0.39 is 16.6 Å². The predicted molar refractivity (Wildman–Crippen MR) is 82.1 cm³/mol. The van der Waals surface area contributed by atoms with Crippen LogP contribution >= 0.6 is 12.4 Å². The Morgan fingerprint density at radius 1 is 1.32 bits per heavy atom. The lowest BCUT2D eigenvalue weighted by atomic mass is 10.1. The molecule has 3 N–H and O–H groups in total. The van der Waals surface area contributed by atoms with E-state index in [1.54, 1.807) is 6.07 Å². The average Bonchev–Trinajstić information content (AvgIpc) is 2.45. The Labute approximate surface area is 131 Å². The van der Waals surface area contributed by atoms with Crippen LogP contribution in [-0.2, 0) is 6.61 Å². The molecule has 0 unspecified atom stereocenters. The number of nitrogens with zero attached hydrogens (tertiary/aromatic N) is 1. The van der Waals surface area contributed by atoms with Gasteiger partial charge >= 0.3 is 0 Å². The van der Waals surface area contributed by atoms with Crippen LogP contribution in [0.2, 0.25) is 0 Å². The van der Waals surface area contributed by atoms with Gasteiger partial charge in [-0.25, -0.2) is 4.39 Å². The summed E-state index contributed by atoms with van der Waals surface area (Å²) in [5.74, 6) is -0.977. The van der Waals surface area contributed by atoms with Crippen LogP contribution in [0, 0.1) is 21.3 Å². The summed E-state index contributed by atoms with van der Waals surface area (Å²) < 4.78 is 19.0. The van der Waals surface area contributed by atoms with Crippen LogP contribution in [0.15, 0.2) is 42.5 Å². The maximum Gasteiger partial charge on any atom is 0.269 e. The summed E-state index contributed by atoms with van der Waals surface area (Å²) in [5.41, 5.74) is 5.70. The number of halogens is 2. The quantitative estimate of drug-likeness (QED) is 0.382. The van der Waals surface area contributed by atoms with Crippen molar-refractivity contribution in [2.75, 3.05) is 0 Å². The number of nitro groups is 1. The van der Waals surface area contributed by atoms with Gasteiger partial charge in [0.15, 0.2) is 0 Å². The number of benzene rings is 2. The van der Waals surface area contributed by atoms with Crippen molar-refractivity contribution in [3.05, 3.63) is 69.5 Å². The Hall–Kier alpha value is -2.67. The zero-order valence-electron chi connectivity index (χ0n) is 11.3. The molecule has 0 fully saturated rings. The Bertz CT molecular complexity index is 709. The molecule has 0 atom stereocenters. The molecule has 0 heterocycles. The molecule has 0 aliphatic rings. The van der Waals surface area contributed by atoms with Gasteiger partial charge in [0.1, 0.15) is 24.0 Å². The Morgan fingerprint density at radius 2 is 2.00 bits per heavy atom. The van der Waals surface area contributed by atoms with Crippen molar-refractivity contribution < 1.29 is 14.1 Å². The van der Waals surface area contributed by atoms with E-state index >= 15 is 0 Å². The molecule has 22 heavy (non-hydrogen) atoms. The Kier molecular flexibility index (Phi) is 5.82. The van der Waals surface area contributed by atoms with Crippen molar-refractivity contribution in [1.29, 1.82) is 5.41 Å². The van der Waals surface area contributed by atoms with E-state index in [2.05, 4.69) is 0 Å². The molecule has 0 radical (unpaired) electrons. The fourth-order valence-electron chi connectivity index (χ4n) is 1.81. The lowest BCUT2D eigenvalue weighted by Crippen LogP contribution is -2.15. The zero-order valence-corrected chi connectivity index (χ0v) is 12.1. The molecule has 0 aliphatic carbocycles. The van der Waals surface area contributed by atoms with E-state index in [1.807, 2.05) is 0 Å².